The zero-order valence-corrected chi connectivity index (χ0v) is 20.9. The monoisotopic (exact) mass is 520 g/mol. The number of benzene rings is 3. The van der Waals surface area contributed by atoms with Crippen molar-refractivity contribution >= 4 is 58.2 Å². The van der Waals surface area contributed by atoms with Crippen LogP contribution in [0.2, 0.25) is 15.1 Å². The van der Waals surface area contributed by atoms with Crippen molar-refractivity contribution in [3.05, 3.63) is 111 Å². The summed E-state index contributed by atoms with van der Waals surface area (Å²) in [7, 11) is 0. The van der Waals surface area contributed by atoms with E-state index in [9.17, 15) is 4.79 Å². The molecule has 0 aliphatic carbocycles. The molecule has 4 aromatic rings. The largest absolute Gasteiger partial charge is 0.280 e. The van der Waals surface area contributed by atoms with Crippen LogP contribution < -0.4 is 5.01 Å². The van der Waals surface area contributed by atoms with Gasteiger partial charge in [0.15, 0.2) is 0 Å². The van der Waals surface area contributed by atoms with Crippen molar-refractivity contribution in [1.29, 1.82) is 0 Å². The zero-order valence-electron chi connectivity index (χ0n) is 18.6. The molecule has 0 atom stereocenters. The van der Waals surface area contributed by atoms with Crippen LogP contribution in [0.1, 0.15) is 18.1 Å². The molecule has 0 N–H and O–H groups in total. The first-order chi connectivity index (χ1) is 16.9. The Kier molecular flexibility index (Phi) is 6.48. The van der Waals surface area contributed by atoms with Gasteiger partial charge in [0, 0.05) is 32.4 Å². The van der Waals surface area contributed by atoms with Gasteiger partial charge in [-0.3, -0.25) is 9.48 Å². The van der Waals surface area contributed by atoms with E-state index in [0.717, 1.165) is 22.4 Å². The van der Waals surface area contributed by atoms with E-state index in [-0.39, 0.29) is 5.91 Å². The van der Waals surface area contributed by atoms with Gasteiger partial charge in [0.2, 0.25) is 0 Å². The van der Waals surface area contributed by atoms with E-state index in [4.69, 9.17) is 39.9 Å². The number of rotatable bonds is 5. The Labute approximate surface area is 217 Å². The minimum Gasteiger partial charge on any atom is -0.267 e. The molecule has 1 aliphatic heterocycles. The standard InChI is InChI=1S/C27H19Cl3N4O/c1-17-24(27(35)34(31-17)23-9-5-8-21(28)13-23)12-20-16-33(15-19-10-11-22(29)14-25(19)30)32-26(20)18-6-3-2-4-7-18/h2-14,16H,15H2,1H3. The second kappa shape index (κ2) is 9.70. The highest BCUT2D eigenvalue weighted by Crippen LogP contribution is 2.30. The van der Waals surface area contributed by atoms with Crippen molar-refractivity contribution in [1.82, 2.24) is 9.78 Å². The number of hydrogen-bond donors (Lipinski definition) is 0. The van der Waals surface area contributed by atoms with Gasteiger partial charge >= 0.3 is 0 Å². The van der Waals surface area contributed by atoms with Crippen molar-refractivity contribution in [3.63, 3.8) is 0 Å². The number of nitrogens with zero attached hydrogens (tertiary/aromatic N) is 4. The molecule has 174 valence electrons. The molecule has 0 saturated heterocycles. The first-order valence-electron chi connectivity index (χ1n) is 10.8. The number of hydrogen-bond acceptors (Lipinski definition) is 3. The number of hydrazone groups is 1. The highest BCUT2D eigenvalue weighted by Gasteiger charge is 2.29. The fourth-order valence-corrected chi connectivity index (χ4v) is 4.54. The van der Waals surface area contributed by atoms with E-state index in [1.54, 1.807) is 36.4 Å². The Hall–Kier alpha value is -3.38. The van der Waals surface area contributed by atoms with E-state index in [2.05, 4.69) is 5.10 Å². The lowest BCUT2D eigenvalue weighted by molar-refractivity contribution is -0.114. The van der Waals surface area contributed by atoms with Gasteiger partial charge in [0.05, 0.1) is 29.2 Å². The summed E-state index contributed by atoms with van der Waals surface area (Å²) in [5.74, 6) is -0.225. The predicted molar refractivity (Wildman–Crippen MR) is 143 cm³/mol. The summed E-state index contributed by atoms with van der Waals surface area (Å²) in [4.78, 5) is 13.3. The average Bonchev–Trinajstić information content (AvgIpc) is 3.37. The minimum absolute atomic E-state index is 0.225. The third kappa shape index (κ3) is 4.89. The van der Waals surface area contributed by atoms with Gasteiger partial charge in [-0.05, 0) is 48.9 Å². The summed E-state index contributed by atoms with van der Waals surface area (Å²) in [5, 5.41) is 12.3. The lowest BCUT2D eigenvalue weighted by atomic mass is 10.0. The molecule has 1 amide bonds. The normalized spacial score (nSPS) is 14.6. The Morgan fingerprint density at radius 2 is 1.69 bits per heavy atom. The molecule has 0 radical (unpaired) electrons. The maximum atomic E-state index is 13.3. The Morgan fingerprint density at radius 1 is 0.914 bits per heavy atom. The van der Waals surface area contributed by atoms with Gasteiger partial charge in [-0.25, -0.2) is 0 Å². The lowest BCUT2D eigenvalue weighted by Crippen LogP contribution is -2.21. The first-order valence-corrected chi connectivity index (χ1v) is 12.0. The molecule has 0 unspecified atom stereocenters. The molecule has 0 saturated carbocycles. The fraction of sp³-hybridized carbons (Fsp3) is 0.0741. The Balaban J connectivity index is 1.54. The van der Waals surface area contributed by atoms with Crippen molar-refractivity contribution in [2.24, 2.45) is 5.10 Å². The minimum atomic E-state index is -0.225. The van der Waals surface area contributed by atoms with Crippen LogP contribution in [-0.2, 0) is 11.3 Å². The number of anilines is 1. The van der Waals surface area contributed by atoms with Crippen LogP contribution in [0, 0.1) is 0 Å². The lowest BCUT2D eigenvalue weighted by Gasteiger charge is -2.11. The maximum absolute atomic E-state index is 13.3. The van der Waals surface area contributed by atoms with E-state index < -0.39 is 0 Å². The molecule has 35 heavy (non-hydrogen) atoms. The summed E-state index contributed by atoms with van der Waals surface area (Å²) in [6, 6.07) is 22.3. The zero-order chi connectivity index (χ0) is 24.5. The van der Waals surface area contributed by atoms with E-state index in [1.807, 2.05) is 60.3 Å². The third-order valence-corrected chi connectivity index (χ3v) is 6.42. The average molecular weight is 522 g/mol. The van der Waals surface area contributed by atoms with Gasteiger partial charge in [0.1, 0.15) is 0 Å². The number of amides is 1. The molecule has 1 aliphatic rings. The van der Waals surface area contributed by atoms with Crippen molar-refractivity contribution < 1.29 is 4.79 Å². The van der Waals surface area contributed by atoms with Crippen LogP contribution in [0.25, 0.3) is 17.3 Å². The molecule has 5 rings (SSSR count). The molecule has 8 heteroatoms. The van der Waals surface area contributed by atoms with E-state index >= 15 is 0 Å². The number of carbonyl (C=O) groups excluding carboxylic acids is 1. The van der Waals surface area contributed by atoms with Crippen LogP contribution >= 0.6 is 34.8 Å². The predicted octanol–water partition coefficient (Wildman–Crippen LogP) is 7.36. The number of carbonyl (C=O) groups is 1. The summed E-state index contributed by atoms with van der Waals surface area (Å²) < 4.78 is 1.81. The van der Waals surface area contributed by atoms with Crippen molar-refractivity contribution in [2.75, 3.05) is 5.01 Å². The molecule has 0 fully saturated rings. The van der Waals surface area contributed by atoms with Gasteiger partial charge in [0.25, 0.3) is 5.91 Å². The van der Waals surface area contributed by atoms with Crippen molar-refractivity contribution in [3.8, 4) is 11.3 Å². The quantitative estimate of drug-likeness (QED) is 0.258. The molecule has 1 aromatic heterocycles. The molecule has 3 aromatic carbocycles. The summed E-state index contributed by atoms with van der Waals surface area (Å²) >= 11 is 18.6. The van der Waals surface area contributed by atoms with Gasteiger partial charge in [-0.2, -0.15) is 15.2 Å². The number of halogens is 3. The highest BCUT2D eigenvalue weighted by molar-refractivity contribution is 6.35. The van der Waals surface area contributed by atoms with Crippen LogP contribution in [0.4, 0.5) is 5.69 Å². The molecule has 5 nitrogen and oxygen atoms in total. The van der Waals surface area contributed by atoms with Crippen LogP contribution in [-0.4, -0.2) is 21.4 Å². The van der Waals surface area contributed by atoms with Crippen molar-refractivity contribution in [2.45, 2.75) is 13.5 Å². The van der Waals surface area contributed by atoms with E-state index in [0.29, 0.717) is 38.6 Å². The van der Waals surface area contributed by atoms with Gasteiger partial charge in [-0.15, -0.1) is 0 Å². The summed E-state index contributed by atoms with van der Waals surface area (Å²) in [6.45, 7) is 2.27. The van der Waals surface area contributed by atoms with E-state index in [1.165, 1.54) is 5.01 Å². The number of aromatic nitrogens is 2. The third-order valence-electron chi connectivity index (χ3n) is 5.60. The second-order valence-corrected chi connectivity index (χ2v) is 9.35. The summed E-state index contributed by atoms with van der Waals surface area (Å²) in [5.41, 5.74) is 5.10. The van der Waals surface area contributed by atoms with Gasteiger partial charge < -0.3 is 0 Å². The highest BCUT2D eigenvalue weighted by atomic mass is 35.5. The second-order valence-electron chi connectivity index (χ2n) is 8.07. The topological polar surface area (TPSA) is 50.5 Å². The fourth-order valence-electron chi connectivity index (χ4n) is 3.89. The molecular formula is C27H19Cl3N4O. The van der Waals surface area contributed by atoms with Crippen LogP contribution in [0.15, 0.2) is 89.7 Å². The smallest absolute Gasteiger partial charge is 0.267 e. The molecule has 2 heterocycles. The van der Waals surface area contributed by atoms with Crippen LogP contribution in [0.3, 0.4) is 0 Å². The summed E-state index contributed by atoms with van der Waals surface area (Å²) in [6.07, 6.45) is 3.74. The maximum Gasteiger partial charge on any atom is 0.280 e. The Bertz CT molecular complexity index is 1490. The van der Waals surface area contributed by atoms with Crippen LogP contribution in [0.5, 0.6) is 0 Å². The Morgan fingerprint density at radius 3 is 2.43 bits per heavy atom. The molecular weight excluding hydrogens is 503 g/mol. The van der Waals surface area contributed by atoms with Gasteiger partial charge in [-0.1, -0.05) is 77.3 Å². The molecule has 0 bridgehead atoms. The first kappa shape index (κ1) is 23.4. The SMILES string of the molecule is CC1=NN(c2cccc(Cl)c2)C(=O)C1=Cc1cn(Cc2ccc(Cl)cc2Cl)nc1-c1ccccc1. The molecule has 0 spiro atoms.